The lowest BCUT2D eigenvalue weighted by molar-refractivity contribution is -0.120. The molecule has 0 unspecified atom stereocenters. The summed E-state index contributed by atoms with van der Waals surface area (Å²) in [6, 6.07) is 10.6. The van der Waals surface area contributed by atoms with Crippen molar-refractivity contribution in [3.63, 3.8) is 0 Å². The highest BCUT2D eigenvalue weighted by atomic mass is 35.5. The molecule has 1 fully saturated rings. The Morgan fingerprint density at radius 2 is 1.91 bits per heavy atom. The van der Waals surface area contributed by atoms with Gasteiger partial charge >= 0.3 is 0 Å². The molecule has 23 heavy (non-hydrogen) atoms. The molecule has 5 nitrogen and oxygen atoms in total. The summed E-state index contributed by atoms with van der Waals surface area (Å²) in [5, 5.41) is 6.81. The lowest BCUT2D eigenvalue weighted by Gasteiger charge is -2.21. The third kappa shape index (κ3) is 4.43. The number of anilines is 1. The molecular weight excluding hydrogens is 314 g/mol. The molecule has 0 aliphatic carbocycles. The summed E-state index contributed by atoms with van der Waals surface area (Å²) in [4.78, 5) is 16.4. The van der Waals surface area contributed by atoms with E-state index in [1.807, 2.05) is 0 Å². The van der Waals surface area contributed by atoms with E-state index in [1.165, 1.54) is 0 Å². The lowest BCUT2D eigenvalue weighted by Crippen LogP contribution is -2.34. The number of carbonyl (C=O) groups is 1. The van der Waals surface area contributed by atoms with E-state index in [1.54, 1.807) is 42.6 Å². The number of rotatable bonds is 4. The number of pyridine rings is 1. The molecule has 1 amide bonds. The molecule has 0 bridgehead atoms. The number of piperidine rings is 1. The number of amides is 1. The molecule has 0 spiro atoms. The Labute approximate surface area is 140 Å². The largest absolute Gasteiger partial charge is 0.439 e. The second-order valence-corrected chi connectivity index (χ2v) is 5.89. The van der Waals surface area contributed by atoms with E-state index >= 15 is 0 Å². The smallest absolute Gasteiger partial charge is 0.227 e. The van der Waals surface area contributed by atoms with Crippen molar-refractivity contribution in [2.24, 2.45) is 5.92 Å². The predicted molar refractivity (Wildman–Crippen MR) is 90.0 cm³/mol. The third-order valence-corrected chi connectivity index (χ3v) is 4.00. The van der Waals surface area contributed by atoms with Crippen LogP contribution in [-0.4, -0.2) is 24.0 Å². The van der Waals surface area contributed by atoms with E-state index < -0.39 is 0 Å². The van der Waals surface area contributed by atoms with Gasteiger partial charge in [-0.15, -0.1) is 0 Å². The maximum atomic E-state index is 12.2. The van der Waals surface area contributed by atoms with Gasteiger partial charge in [-0.2, -0.15) is 0 Å². The number of halogens is 1. The highest BCUT2D eigenvalue weighted by molar-refractivity contribution is 6.30. The van der Waals surface area contributed by atoms with Crippen LogP contribution in [0, 0.1) is 5.92 Å². The first kappa shape index (κ1) is 15.8. The molecule has 1 aliphatic heterocycles. The fourth-order valence-corrected chi connectivity index (χ4v) is 2.59. The first-order valence-corrected chi connectivity index (χ1v) is 7.99. The minimum Gasteiger partial charge on any atom is -0.439 e. The highest BCUT2D eigenvalue weighted by Crippen LogP contribution is 2.22. The van der Waals surface area contributed by atoms with E-state index in [0.717, 1.165) is 25.9 Å². The first-order valence-electron chi connectivity index (χ1n) is 7.62. The molecule has 0 atom stereocenters. The van der Waals surface area contributed by atoms with Crippen molar-refractivity contribution in [2.45, 2.75) is 12.8 Å². The molecule has 6 heteroatoms. The van der Waals surface area contributed by atoms with Gasteiger partial charge in [0.05, 0.1) is 11.9 Å². The number of aromatic nitrogens is 1. The molecule has 3 rings (SSSR count). The van der Waals surface area contributed by atoms with Gasteiger partial charge < -0.3 is 15.4 Å². The minimum atomic E-state index is 0.0552. The second kappa shape index (κ2) is 7.44. The van der Waals surface area contributed by atoms with E-state index in [0.29, 0.717) is 22.3 Å². The summed E-state index contributed by atoms with van der Waals surface area (Å²) in [5.41, 5.74) is 0.678. The van der Waals surface area contributed by atoms with Crippen LogP contribution in [0.25, 0.3) is 0 Å². The average Bonchev–Trinajstić information content (AvgIpc) is 2.59. The van der Waals surface area contributed by atoms with Gasteiger partial charge in [0.1, 0.15) is 5.75 Å². The molecule has 1 saturated heterocycles. The van der Waals surface area contributed by atoms with Crippen LogP contribution in [0.2, 0.25) is 5.02 Å². The summed E-state index contributed by atoms with van der Waals surface area (Å²) < 4.78 is 5.62. The van der Waals surface area contributed by atoms with Gasteiger partial charge in [0.25, 0.3) is 0 Å². The van der Waals surface area contributed by atoms with Crippen LogP contribution in [-0.2, 0) is 4.79 Å². The first-order chi connectivity index (χ1) is 11.2. The van der Waals surface area contributed by atoms with Crippen molar-refractivity contribution in [1.29, 1.82) is 0 Å². The molecule has 1 aromatic heterocycles. The fraction of sp³-hybridized carbons (Fsp3) is 0.294. The fourth-order valence-electron chi connectivity index (χ4n) is 2.47. The number of hydrogen-bond donors (Lipinski definition) is 2. The Morgan fingerprint density at radius 1 is 1.17 bits per heavy atom. The van der Waals surface area contributed by atoms with Gasteiger partial charge in [0, 0.05) is 17.0 Å². The van der Waals surface area contributed by atoms with E-state index in [2.05, 4.69) is 15.6 Å². The molecular formula is C17H18ClN3O2. The van der Waals surface area contributed by atoms with Gasteiger partial charge in [-0.25, -0.2) is 4.98 Å². The van der Waals surface area contributed by atoms with Crippen LogP contribution in [0.1, 0.15) is 12.8 Å². The normalized spacial score (nSPS) is 15.2. The number of benzene rings is 1. The topological polar surface area (TPSA) is 63.2 Å². The molecule has 2 N–H and O–H groups in total. The van der Waals surface area contributed by atoms with Crippen molar-refractivity contribution in [3.8, 4) is 11.6 Å². The molecule has 2 aromatic rings. The molecule has 120 valence electrons. The molecule has 2 heterocycles. The number of hydrogen-bond acceptors (Lipinski definition) is 4. The molecule has 1 aliphatic rings. The van der Waals surface area contributed by atoms with E-state index in [4.69, 9.17) is 16.3 Å². The minimum absolute atomic E-state index is 0.0552. The maximum Gasteiger partial charge on any atom is 0.227 e. The summed E-state index contributed by atoms with van der Waals surface area (Å²) in [7, 11) is 0. The number of nitrogens with one attached hydrogen (secondary N) is 2. The Bertz CT molecular complexity index is 653. The van der Waals surface area contributed by atoms with Crippen molar-refractivity contribution >= 4 is 23.2 Å². The zero-order valence-corrected chi connectivity index (χ0v) is 13.3. The Balaban J connectivity index is 1.58. The summed E-state index contributed by atoms with van der Waals surface area (Å²) >= 11 is 5.83. The summed E-state index contributed by atoms with van der Waals surface area (Å²) in [5.74, 6) is 1.25. The van der Waals surface area contributed by atoms with Crippen molar-refractivity contribution < 1.29 is 9.53 Å². The summed E-state index contributed by atoms with van der Waals surface area (Å²) in [6.07, 6.45) is 3.35. The quantitative estimate of drug-likeness (QED) is 0.900. The zero-order chi connectivity index (χ0) is 16.1. The number of nitrogens with zero attached hydrogens (tertiary/aromatic N) is 1. The number of carbonyl (C=O) groups excluding carboxylic acids is 1. The molecule has 0 radical (unpaired) electrons. The van der Waals surface area contributed by atoms with Gasteiger partial charge in [0.2, 0.25) is 11.8 Å². The Hall–Kier alpha value is -2.11. The van der Waals surface area contributed by atoms with Gasteiger partial charge in [-0.05, 0) is 56.3 Å². The van der Waals surface area contributed by atoms with Crippen LogP contribution < -0.4 is 15.4 Å². The zero-order valence-electron chi connectivity index (χ0n) is 12.6. The third-order valence-electron chi connectivity index (χ3n) is 3.75. The second-order valence-electron chi connectivity index (χ2n) is 5.45. The van der Waals surface area contributed by atoms with Crippen molar-refractivity contribution in [2.75, 3.05) is 18.4 Å². The van der Waals surface area contributed by atoms with Crippen molar-refractivity contribution in [3.05, 3.63) is 47.6 Å². The van der Waals surface area contributed by atoms with Gasteiger partial charge in [-0.3, -0.25) is 4.79 Å². The van der Waals surface area contributed by atoms with Crippen molar-refractivity contribution in [1.82, 2.24) is 10.3 Å². The monoisotopic (exact) mass is 331 g/mol. The van der Waals surface area contributed by atoms with Crippen LogP contribution in [0.4, 0.5) is 5.69 Å². The Morgan fingerprint density at radius 3 is 2.57 bits per heavy atom. The van der Waals surface area contributed by atoms with Crippen LogP contribution >= 0.6 is 11.6 Å². The highest BCUT2D eigenvalue weighted by Gasteiger charge is 2.20. The standard InChI is InChI=1S/C17H18ClN3O2/c18-13-1-4-15(5-2-13)23-16-6-3-14(11-20-16)21-17(22)12-7-9-19-10-8-12/h1-6,11-12,19H,7-10H2,(H,21,22). The maximum absolute atomic E-state index is 12.2. The summed E-state index contributed by atoms with van der Waals surface area (Å²) in [6.45, 7) is 1.79. The van der Waals surface area contributed by atoms with Gasteiger partial charge in [-0.1, -0.05) is 11.6 Å². The number of ether oxygens (including phenoxy) is 1. The van der Waals surface area contributed by atoms with Gasteiger partial charge in [0.15, 0.2) is 0 Å². The van der Waals surface area contributed by atoms with E-state index in [9.17, 15) is 4.79 Å². The lowest BCUT2D eigenvalue weighted by atomic mass is 9.97. The van der Waals surface area contributed by atoms with Crippen LogP contribution in [0.5, 0.6) is 11.6 Å². The van der Waals surface area contributed by atoms with Crippen LogP contribution in [0.3, 0.4) is 0 Å². The molecule has 1 aromatic carbocycles. The van der Waals surface area contributed by atoms with Crippen LogP contribution in [0.15, 0.2) is 42.6 Å². The molecule has 0 saturated carbocycles. The predicted octanol–water partition coefficient (Wildman–Crippen LogP) is 3.47. The Kier molecular flexibility index (Phi) is 5.10. The average molecular weight is 332 g/mol. The SMILES string of the molecule is O=C(Nc1ccc(Oc2ccc(Cl)cc2)nc1)C1CCNCC1. The van der Waals surface area contributed by atoms with E-state index in [-0.39, 0.29) is 11.8 Å².